The third kappa shape index (κ3) is 3.14. The Morgan fingerprint density at radius 1 is 1.00 bits per heavy atom. The number of aromatic hydroxyl groups is 1. The van der Waals surface area contributed by atoms with Gasteiger partial charge in [-0.3, -0.25) is 9.36 Å². The van der Waals surface area contributed by atoms with Gasteiger partial charge in [-0.05, 0) is 29.8 Å². The summed E-state index contributed by atoms with van der Waals surface area (Å²) in [6.07, 6.45) is 0. The number of hydrogen-bond acceptors (Lipinski definition) is 4. The molecule has 0 aliphatic heterocycles. The highest BCUT2D eigenvalue weighted by Crippen LogP contribution is 2.21. The van der Waals surface area contributed by atoms with E-state index in [-0.39, 0.29) is 10.8 Å². The highest BCUT2D eigenvalue weighted by atomic mass is 32.1. The van der Waals surface area contributed by atoms with Crippen LogP contribution in [0.1, 0.15) is 5.56 Å². The average Bonchev–Trinajstić information content (AvgIpc) is 2.82. The van der Waals surface area contributed by atoms with Crippen LogP contribution in [0.4, 0.5) is 0 Å². The summed E-state index contributed by atoms with van der Waals surface area (Å²) in [5.41, 5.74) is 0.922. The lowest BCUT2D eigenvalue weighted by Crippen LogP contribution is -2.13. The van der Waals surface area contributed by atoms with Crippen molar-refractivity contribution < 1.29 is 9.84 Å². The molecule has 5 heteroatoms. The summed E-state index contributed by atoms with van der Waals surface area (Å²) in [5, 5.41) is 11.0. The fraction of sp³-hybridized carbons (Fsp3) is 0.0625. The van der Waals surface area contributed by atoms with Gasteiger partial charge in [-0.25, -0.2) is 0 Å². The van der Waals surface area contributed by atoms with Crippen molar-refractivity contribution in [3.63, 3.8) is 0 Å². The van der Waals surface area contributed by atoms with E-state index in [9.17, 15) is 9.90 Å². The minimum absolute atomic E-state index is 0.00499. The van der Waals surface area contributed by atoms with Crippen molar-refractivity contribution in [3.8, 4) is 17.4 Å². The monoisotopic (exact) mass is 299 g/mol. The molecule has 0 aliphatic carbocycles. The van der Waals surface area contributed by atoms with Crippen LogP contribution >= 0.6 is 11.3 Å². The molecule has 1 aromatic heterocycles. The SMILES string of the molecule is O=c1scc(O)n1Cc1ccc(Oc2ccccc2)cc1. The zero-order valence-electron chi connectivity index (χ0n) is 11.1. The van der Waals surface area contributed by atoms with Gasteiger partial charge in [0.2, 0.25) is 5.88 Å². The van der Waals surface area contributed by atoms with Crippen molar-refractivity contribution in [3.05, 3.63) is 75.2 Å². The van der Waals surface area contributed by atoms with Crippen LogP contribution in [-0.4, -0.2) is 9.67 Å². The molecule has 3 rings (SSSR count). The molecular formula is C16H13NO3S. The maximum absolute atomic E-state index is 11.5. The molecule has 0 amide bonds. The minimum Gasteiger partial charge on any atom is -0.494 e. The van der Waals surface area contributed by atoms with Crippen LogP contribution in [0.2, 0.25) is 0 Å². The molecule has 0 unspecified atom stereocenters. The van der Waals surface area contributed by atoms with Gasteiger partial charge in [0.1, 0.15) is 11.5 Å². The largest absolute Gasteiger partial charge is 0.494 e. The second-order valence-electron chi connectivity index (χ2n) is 4.51. The lowest BCUT2D eigenvalue weighted by molar-refractivity contribution is 0.421. The van der Waals surface area contributed by atoms with Crippen molar-refractivity contribution in [2.24, 2.45) is 0 Å². The van der Waals surface area contributed by atoms with Crippen LogP contribution in [0.15, 0.2) is 64.8 Å². The first-order valence-electron chi connectivity index (χ1n) is 6.41. The zero-order valence-corrected chi connectivity index (χ0v) is 11.9. The molecule has 2 aromatic carbocycles. The van der Waals surface area contributed by atoms with E-state index in [1.54, 1.807) is 0 Å². The van der Waals surface area contributed by atoms with Gasteiger partial charge in [0.05, 0.1) is 11.9 Å². The highest BCUT2D eigenvalue weighted by molar-refractivity contribution is 7.07. The van der Waals surface area contributed by atoms with Crippen LogP contribution in [0.25, 0.3) is 0 Å². The van der Waals surface area contributed by atoms with E-state index < -0.39 is 0 Å². The number of rotatable bonds is 4. The summed E-state index contributed by atoms with van der Waals surface area (Å²) in [7, 11) is 0. The Morgan fingerprint density at radius 3 is 2.29 bits per heavy atom. The quantitative estimate of drug-likeness (QED) is 0.802. The third-order valence-electron chi connectivity index (χ3n) is 3.01. The molecule has 106 valence electrons. The summed E-state index contributed by atoms with van der Waals surface area (Å²) >= 11 is 0.988. The molecule has 1 N–H and O–H groups in total. The van der Waals surface area contributed by atoms with Crippen LogP contribution < -0.4 is 9.61 Å². The van der Waals surface area contributed by atoms with Crippen molar-refractivity contribution in [2.75, 3.05) is 0 Å². The standard InChI is InChI=1S/C16H13NO3S/c18-15-11-21-16(19)17(15)10-12-6-8-14(9-7-12)20-13-4-2-1-3-5-13/h1-9,11,18H,10H2. The zero-order chi connectivity index (χ0) is 14.7. The molecule has 0 fully saturated rings. The average molecular weight is 299 g/mol. The lowest BCUT2D eigenvalue weighted by Gasteiger charge is -2.07. The summed E-state index contributed by atoms with van der Waals surface area (Å²) in [5.74, 6) is 1.50. The van der Waals surface area contributed by atoms with E-state index in [1.807, 2.05) is 54.6 Å². The van der Waals surface area contributed by atoms with Gasteiger partial charge in [-0.1, -0.05) is 41.7 Å². The number of para-hydroxylation sites is 1. The summed E-state index contributed by atoms with van der Waals surface area (Å²) < 4.78 is 7.03. The van der Waals surface area contributed by atoms with E-state index in [1.165, 1.54) is 9.95 Å². The molecule has 3 aromatic rings. The molecule has 0 saturated heterocycles. The molecule has 0 aliphatic rings. The van der Waals surface area contributed by atoms with E-state index in [0.29, 0.717) is 6.54 Å². The Morgan fingerprint density at radius 2 is 1.67 bits per heavy atom. The summed E-state index contributed by atoms with van der Waals surface area (Å²) in [6.45, 7) is 0.347. The Hall–Kier alpha value is -2.53. The lowest BCUT2D eigenvalue weighted by atomic mass is 10.2. The number of benzene rings is 2. The van der Waals surface area contributed by atoms with E-state index in [2.05, 4.69) is 0 Å². The second kappa shape index (κ2) is 5.85. The van der Waals surface area contributed by atoms with Crippen LogP contribution in [0.5, 0.6) is 17.4 Å². The topological polar surface area (TPSA) is 51.5 Å². The molecule has 0 saturated carbocycles. The Labute approximate surface area is 125 Å². The normalized spacial score (nSPS) is 10.5. The number of thiazole rings is 1. The second-order valence-corrected chi connectivity index (χ2v) is 5.33. The number of nitrogens with zero attached hydrogens (tertiary/aromatic N) is 1. The van der Waals surface area contributed by atoms with Gasteiger partial charge in [0.15, 0.2) is 0 Å². The first kappa shape index (κ1) is 13.5. The van der Waals surface area contributed by atoms with Gasteiger partial charge < -0.3 is 9.84 Å². The maximum atomic E-state index is 11.5. The molecule has 0 bridgehead atoms. The number of hydrogen-bond donors (Lipinski definition) is 1. The van der Waals surface area contributed by atoms with Crippen molar-refractivity contribution in [1.82, 2.24) is 4.57 Å². The van der Waals surface area contributed by atoms with Crippen molar-refractivity contribution >= 4 is 11.3 Å². The van der Waals surface area contributed by atoms with Crippen molar-refractivity contribution in [1.29, 1.82) is 0 Å². The third-order valence-corrected chi connectivity index (χ3v) is 3.76. The highest BCUT2D eigenvalue weighted by Gasteiger charge is 2.06. The summed E-state index contributed by atoms with van der Waals surface area (Å²) in [4.78, 5) is 11.4. The number of ether oxygens (including phenoxy) is 1. The number of aromatic nitrogens is 1. The predicted octanol–water partition coefficient (Wildman–Crippen LogP) is 3.46. The van der Waals surface area contributed by atoms with Gasteiger partial charge in [-0.2, -0.15) is 0 Å². The first-order valence-corrected chi connectivity index (χ1v) is 7.29. The fourth-order valence-electron chi connectivity index (χ4n) is 1.94. The smallest absolute Gasteiger partial charge is 0.310 e. The first-order chi connectivity index (χ1) is 10.2. The Bertz CT molecular complexity index is 775. The Balaban J connectivity index is 1.74. The molecular weight excluding hydrogens is 286 g/mol. The van der Waals surface area contributed by atoms with E-state index in [4.69, 9.17) is 4.74 Å². The van der Waals surface area contributed by atoms with Gasteiger partial charge in [0, 0.05) is 0 Å². The molecule has 4 nitrogen and oxygen atoms in total. The molecule has 0 spiro atoms. The van der Waals surface area contributed by atoms with Crippen LogP contribution in [0.3, 0.4) is 0 Å². The molecule has 1 heterocycles. The molecule has 21 heavy (non-hydrogen) atoms. The minimum atomic E-state index is -0.169. The van der Waals surface area contributed by atoms with Gasteiger partial charge >= 0.3 is 4.87 Å². The van der Waals surface area contributed by atoms with Crippen molar-refractivity contribution in [2.45, 2.75) is 6.54 Å². The predicted molar refractivity (Wildman–Crippen MR) is 82.3 cm³/mol. The van der Waals surface area contributed by atoms with E-state index >= 15 is 0 Å². The van der Waals surface area contributed by atoms with Crippen LogP contribution in [0, 0.1) is 0 Å². The van der Waals surface area contributed by atoms with E-state index in [0.717, 1.165) is 28.4 Å². The maximum Gasteiger partial charge on any atom is 0.310 e. The molecule has 0 atom stereocenters. The van der Waals surface area contributed by atoms with Gasteiger partial charge in [0.25, 0.3) is 0 Å². The summed E-state index contributed by atoms with van der Waals surface area (Å²) in [6, 6.07) is 17.0. The van der Waals surface area contributed by atoms with Crippen LogP contribution in [-0.2, 0) is 6.54 Å². The Kier molecular flexibility index (Phi) is 3.75. The molecule has 0 radical (unpaired) electrons. The fourth-order valence-corrected chi connectivity index (χ4v) is 2.56. The van der Waals surface area contributed by atoms with Gasteiger partial charge in [-0.15, -0.1) is 0 Å².